The summed E-state index contributed by atoms with van der Waals surface area (Å²) in [4.78, 5) is 13.9. The molecule has 0 radical (unpaired) electrons. The fourth-order valence-corrected chi connectivity index (χ4v) is 3.05. The number of piperidine rings is 1. The Balaban J connectivity index is 1.58. The molecule has 1 aromatic heterocycles. The van der Waals surface area contributed by atoms with Crippen LogP contribution in [-0.2, 0) is 11.3 Å². The van der Waals surface area contributed by atoms with E-state index in [9.17, 15) is 4.79 Å². The summed E-state index contributed by atoms with van der Waals surface area (Å²) in [5.74, 6) is 1.12. The SMILES string of the molecule is CNC(=O)C1CCN(Cc2cc(-c3ccc(Cl)cc3)no2)CC1. The van der Waals surface area contributed by atoms with E-state index in [0.717, 1.165) is 49.5 Å². The first-order valence-electron chi connectivity index (χ1n) is 7.81. The van der Waals surface area contributed by atoms with Crippen molar-refractivity contribution < 1.29 is 9.32 Å². The first-order chi connectivity index (χ1) is 11.2. The van der Waals surface area contributed by atoms with Crippen LogP contribution in [0.4, 0.5) is 0 Å². The zero-order valence-corrected chi connectivity index (χ0v) is 13.8. The van der Waals surface area contributed by atoms with E-state index in [0.29, 0.717) is 5.02 Å². The van der Waals surface area contributed by atoms with Crippen LogP contribution in [-0.4, -0.2) is 36.1 Å². The standard InChI is InChI=1S/C17H20ClN3O2/c1-19-17(22)13-6-8-21(9-7-13)11-15-10-16(20-23-15)12-2-4-14(18)5-3-12/h2-5,10,13H,6-9,11H2,1H3,(H,19,22). The highest BCUT2D eigenvalue weighted by atomic mass is 35.5. The van der Waals surface area contributed by atoms with E-state index < -0.39 is 0 Å². The average molecular weight is 334 g/mol. The number of hydrogen-bond donors (Lipinski definition) is 1. The van der Waals surface area contributed by atoms with Crippen molar-refractivity contribution in [2.24, 2.45) is 5.92 Å². The monoisotopic (exact) mass is 333 g/mol. The molecule has 1 fully saturated rings. The van der Waals surface area contributed by atoms with Gasteiger partial charge >= 0.3 is 0 Å². The first-order valence-corrected chi connectivity index (χ1v) is 8.19. The van der Waals surface area contributed by atoms with Crippen molar-refractivity contribution in [2.45, 2.75) is 19.4 Å². The van der Waals surface area contributed by atoms with Gasteiger partial charge in [-0.1, -0.05) is 28.9 Å². The third-order valence-corrected chi connectivity index (χ3v) is 4.54. The van der Waals surface area contributed by atoms with Gasteiger partial charge < -0.3 is 9.84 Å². The Labute approximate surface area is 140 Å². The molecule has 1 aromatic carbocycles. The summed E-state index contributed by atoms with van der Waals surface area (Å²) in [5.41, 5.74) is 1.81. The smallest absolute Gasteiger partial charge is 0.222 e. The largest absolute Gasteiger partial charge is 0.359 e. The van der Waals surface area contributed by atoms with Crippen molar-refractivity contribution in [1.29, 1.82) is 0 Å². The quantitative estimate of drug-likeness (QED) is 0.934. The molecule has 0 aliphatic carbocycles. The number of carbonyl (C=O) groups is 1. The van der Waals surface area contributed by atoms with Crippen LogP contribution >= 0.6 is 11.6 Å². The van der Waals surface area contributed by atoms with E-state index in [1.807, 2.05) is 30.3 Å². The van der Waals surface area contributed by atoms with E-state index in [1.165, 1.54) is 0 Å². The summed E-state index contributed by atoms with van der Waals surface area (Å²) in [6, 6.07) is 9.51. The highest BCUT2D eigenvalue weighted by Crippen LogP contribution is 2.23. The van der Waals surface area contributed by atoms with Gasteiger partial charge in [0.2, 0.25) is 5.91 Å². The van der Waals surface area contributed by atoms with Crippen LogP contribution in [0.5, 0.6) is 0 Å². The molecular formula is C17H20ClN3O2. The van der Waals surface area contributed by atoms with Gasteiger partial charge in [0.15, 0.2) is 5.76 Å². The number of aromatic nitrogens is 1. The molecule has 122 valence electrons. The molecule has 1 aliphatic rings. The Bertz CT molecular complexity index is 661. The van der Waals surface area contributed by atoms with Gasteiger partial charge in [-0.2, -0.15) is 0 Å². The van der Waals surface area contributed by atoms with Crippen LogP contribution in [0.25, 0.3) is 11.3 Å². The molecule has 2 heterocycles. The maximum Gasteiger partial charge on any atom is 0.222 e. The van der Waals surface area contributed by atoms with E-state index in [4.69, 9.17) is 16.1 Å². The van der Waals surface area contributed by atoms with Crippen molar-refractivity contribution >= 4 is 17.5 Å². The number of likely N-dealkylation sites (tertiary alicyclic amines) is 1. The minimum absolute atomic E-state index is 0.135. The molecule has 6 heteroatoms. The molecule has 0 atom stereocenters. The Morgan fingerprint density at radius 1 is 1.35 bits per heavy atom. The lowest BCUT2D eigenvalue weighted by Crippen LogP contribution is -2.39. The van der Waals surface area contributed by atoms with Gasteiger partial charge in [-0.25, -0.2) is 0 Å². The van der Waals surface area contributed by atoms with Crippen LogP contribution in [0, 0.1) is 5.92 Å². The second-order valence-corrected chi connectivity index (χ2v) is 6.29. The molecule has 2 aromatic rings. The molecule has 0 unspecified atom stereocenters. The second-order valence-electron chi connectivity index (χ2n) is 5.85. The molecule has 5 nitrogen and oxygen atoms in total. The predicted molar refractivity (Wildman–Crippen MR) is 89.0 cm³/mol. The average Bonchev–Trinajstić information content (AvgIpc) is 3.04. The Morgan fingerprint density at radius 2 is 2.04 bits per heavy atom. The molecule has 23 heavy (non-hydrogen) atoms. The first kappa shape index (κ1) is 16.0. The van der Waals surface area contributed by atoms with Gasteiger partial charge in [-0.3, -0.25) is 9.69 Å². The van der Waals surface area contributed by atoms with E-state index >= 15 is 0 Å². The molecule has 1 amide bonds. The third-order valence-electron chi connectivity index (χ3n) is 4.28. The van der Waals surface area contributed by atoms with Crippen LogP contribution < -0.4 is 5.32 Å². The highest BCUT2D eigenvalue weighted by molar-refractivity contribution is 6.30. The van der Waals surface area contributed by atoms with Crippen molar-refractivity contribution in [3.63, 3.8) is 0 Å². The van der Waals surface area contributed by atoms with Gasteiger partial charge in [0.1, 0.15) is 5.69 Å². The predicted octanol–water partition coefficient (Wildman–Crippen LogP) is 2.95. The number of nitrogens with one attached hydrogen (secondary N) is 1. The molecule has 1 N–H and O–H groups in total. The second kappa shape index (κ2) is 7.15. The van der Waals surface area contributed by atoms with Gasteiger partial charge in [-0.15, -0.1) is 0 Å². The fraction of sp³-hybridized carbons (Fsp3) is 0.412. The number of amides is 1. The summed E-state index contributed by atoms with van der Waals surface area (Å²) in [6.07, 6.45) is 1.77. The normalized spacial score (nSPS) is 16.4. The molecule has 1 saturated heterocycles. The Kier molecular flexibility index (Phi) is 4.98. The summed E-state index contributed by atoms with van der Waals surface area (Å²) in [7, 11) is 1.70. The van der Waals surface area contributed by atoms with Crippen LogP contribution in [0.1, 0.15) is 18.6 Å². The highest BCUT2D eigenvalue weighted by Gasteiger charge is 2.24. The summed E-state index contributed by atoms with van der Waals surface area (Å²) < 4.78 is 5.44. The van der Waals surface area contributed by atoms with Crippen LogP contribution in [0.3, 0.4) is 0 Å². The Hall–Kier alpha value is -1.85. The number of benzene rings is 1. The molecule has 0 bridgehead atoms. The maximum atomic E-state index is 11.6. The number of nitrogens with zero attached hydrogens (tertiary/aromatic N) is 2. The van der Waals surface area contributed by atoms with Crippen molar-refractivity contribution in [3.8, 4) is 11.3 Å². The number of carbonyl (C=O) groups excluding carboxylic acids is 1. The van der Waals surface area contributed by atoms with E-state index in [2.05, 4.69) is 15.4 Å². The lowest BCUT2D eigenvalue weighted by molar-refractivity contribution is -0.125. The Morgan fingerprint density at radius 3 is 2.70 bits per heavy atom. The van der Waals surface area contributed by atoms with Crippen LogP contribution in [0.15, 0.2) is 34.9 Å². The lowest BCUT2D eigenvalue weighted by atomic mass is 9.96. The number of hydrogen-bond acceptors (Lipinski definition) is 4. The van der Waals surface area contributed by atoms with Gasteiger partial charge in [-0.05, 0) is 38.1 Å². The van der Waals surface area contributed by atoms with Crippen molar-refractivity contribution in [3.05, 3.63) is 41.1 Å². The molecule has 0 spiro atoms. The maximum absolute atomic E-state index is 11.6. The molecule has 1 aliphatic heterocycles. The molecular weight excluding hydrogens is 314 g/mol. The number of rotatable bonds is 4. The summed E-state index contributed by atoms with van der Waals surface area (Å²) >= 11 is 5.90. The lowest BCUT2D eigenvalue weighted by Gasteiger charge is -2.30. The summed E-state index contributed by atoms with van der Waals surface area (Å²) in [5, 5.41) is 7.56. The van der Waals surface area contributed by atoms with Crippen molar-refractivity contribution in [2.75, 3.05) is 20.1 Å². The molecule has 0 saturated carbocycles. The van der Waals surface area contributed by atoms with E-state index in [1.54, 1.807) is 7.05 Å². The zero-order chi connectivity index (χ0) is 16.2. The van der Waals surface area contributed by atoms with E-state index in [-0.39, 0.29) is 11.8 Å². The molecule has 3 rings (SSSR count). The van der Waals surface area contributed by atoms with Crippen molar-refractivity contribution in [1.82, 2.24) is 15.4 Å². The third kappa shape index (κ3) is 3.92. The topological polar surface area (TPSA) is 58.4 Å². The summed E-state index contributed by atoms with van der Waals surface area (Å²) in [6.45, 7) is 2.52. The number of halogens is 1. The van der Waals surface area contributed by atoms with Gasteiger partial charge in [0, 0.05) is 29.6 Å². The minimum Gasteiger partial charge on any atom is -0.359 e. The van der Waals surface area contributed by atoms with Gasteiger partial charge in [0.05, 0.1) is 6.54 Å². The fourth-order valence-electron chi connectivity index (χ4n) is 2.92. The van der Waals surface area contributed by atoms with Crippen LogP contribution in [0.2, 0.25) is 5.02 Å². The minimum atomic E-state index is 0.135. The zero-order valence-electron chi connectivity index (χ0n) is 13.1. The van der Waals surface area contributed by atoms with Gasteiger partial charge in [0.25, 0.3) is 0 Å².